The highest BCUT2D eigenvalue weighted by Gasteiger charge is 2.22. The van der Waals surface area contributed by atoms with Gasteiger partial charge in [0.05, 0.1) is 25.5 Å². The van der Waals surface area contributed by atoms with Crippen LogP contribution in [0.2, 0.25) is 0 Å². The maximum absolute atomic E-state index is 12.7. The number of carbonyl (C=O) groups excluding carboxylic acids is 1. The zero-order chi connectivity index (χ0) is 24.6. The minimum atomic E-state index is -0.0803. The van der Waals surface area contributed by atoms with Gasteiger partial charge in [0.2, 0.25) is 5.91 Å². The number of hydrogen-bond acceptors (Lipinski definition) is 7. The van der Waals surface area contributed by atoms with E-state index in [2.05, 4.69) is 38.8 Å². The first kappa shape index (κ1) is 25.1. The summed E-state index contributed by atoms with van der Waals surface area (Å²) >= 11 is 1.39. The van der Waals surface area contributed by atoms with Crippen LogP contribution in [0.15, 0.2) is 53.7 Å². The van der Waals surface area contributed by atoms with Gasteiger partial charge in [0, 0.05) is 36.6 Å². The normalized spacial score (nSPS) is 15.2. The molecule has 186 valence electrons. The number of anilines is 2. The van der Waals surface area contributed by atoms with Crippen LogP contribution in [0, 0.1) is 0 Å². The molecule has 8 nitrogen and oxygen atoms in total. The minimum Gasteiger partial charge on any atom is -0.497 e. The number of carbonyl (C=O) groups is 1. The van der Waals surface area contributed by atoms with Crippen LogP contribution in [-0.2, 0) is 16.1 Å². The molecule has 1 aliphatic rings. The highest BCUT2D eigenvalue weighted by molar-refractivity contribution is 7.99. The minimum absolute atomic E-state index is 0.0803. The summed E-state index contributed by atoms with van der Waals surface area (Å²) in [5.74, 6) is 1.71. The summed E-state index contributed by atoms with van der Waals surface area (Å²) in [6, 6.07) is 15.7. The molecule has 4 rings (SSSR count). The highest BCUT2D eigenvalue weighted by atomic mass is 32.2. The molecule has 0 aliphatic carbocycles. The summed E-state index contributed by atoms with van der Waals surface area (Å²) in [7, 11) is 1.65. The third kappa shape index (κ3) is 6.35. The number of hydrogen-bond donors (Lipinski definition) is 1. The lowest BCUT2D eigenvalue weighted by Gasteiger charge is -2.21. The topological polar surface area (TPSA) is 81.5 Å². The Morgan fingerprint density at radius 3 is 2.51 bits per heavy atom. The molecular formula is C26H33N5O3S. The van der Waals surface area contributed by atoms with Crippen LogP contribution in [0.3, 0.4) is 0 Å². The van der Waals surface area contributed by atoms with Gasteiger partial charge in [0.15, 0.2) is 11.0 Å². The fraction of sp³-hybridized carbons (Fsp3) is 0.423. The van der Waals surface area contributed by atoms with Gasteiger partial charge < -0.3 is 19.7 Å². The summed E-state index contributed by atoms with van der Waals surface area (Å²) in [4.78, 5) is 14.9. The first-order valence-corrected chi connectivity index (χ1v) is 13.1. The molecule has 2 aromatic carbocycles. The summed E-state index contributed by atoms with van der Waals surface area (Å²) in [6.07, 6.45) is 2.19. The molecule has 35 heavy (non-hydrogen) atoms. The zero-order valence-corrected chi connectivity index (χ0v) is 21.4. The molecule has 0 radical (unpaired) electrons. The second kappa shape index (κ2) is 12.1. The molecule has 1 saturated heterocycles. The second-order valence-corrected chi connectivity index (χ2v) is 9.28. The van der Waals surface area contributed by atoms with E-state index in [1.54, 1.807) is 7.11 Å². The van der Waals surface area contributed by atoms with E-state index in [1.807, 2.05) is 48.5 Å². The standard InChI is InChI=1S/C26H33N5O3S/c1-4-30(5-2)21-12-10-20(11-13-21)27-24(32)18-35-26-29-28-25(19-8-14-22(33-3)15-9-19)31(26)17-23-7-6-16-34-23/h8-15,23H,4-7,16-18H2,1-3H3,(H,27,32). The number of benzene rings is 2. The van der Waals surface area contributed by atoms with Crippen molar-refractivity contribution in [2.75, 3.05) is 42.8 Å². The first-order chi connectivity index (χ1) is 17.1. The molecule has 1 fully saturated rings. The molecule has 2 heterocycles. The number of methoxy groups -OCH3 is 1. The number of nitrogens with zero attached hydrogens (tertiary/aromatic N) is 4. The number of ether oxygens (including phenoxy) is 2. The van der Waals surface area contributed by atoms with Gasteiger partial charge in [-0.3, -0.25) is 9.36 Å². The van der Waals surface area contributed by atoms with Crippen molar-refractivity contribution in [3.8, 4) is 17.1 Å². The van der Waals surface area contributed by atoms with E-state index >= 15 is 0 Å². The second-order valence-electron chi connectivity index (χ2n) is 8.34. The Labute approximate surface area is 211 Å². The monoisotopic (exact) mass is 495 g/mol. The molecule has 0 spiro atoms. The Bertz CT molecular complexity index is 1090. The van der Waals surface area contributed by atoms with Gasteiger partial charge in [-0.05, 0) is 75.2 Å². The van der Waals surface area contributed by atoms with Crippen LogP contribution >= 0.6 is 11.8 Å². The fourth-order valence-electron chi connectivity index (χ4n) is 4.18. The predicted octanol–water partition coefficient (Wildman–Crippen LogP) is 4.71. The smallest absolute Gasteiger partial charge is 0.234 e. The van der Waals surface area contributed by atoms with Gasteiger partial charge in [0.1, 0.15) is 5.75 Å². The molecule has 1 atom stereocenters. The number of aromatic nitrogens is 3. The Hall–Kier alpha value is -3.04. The van der Waals surface area contributed by atoms with E-state index in [0.29, 0.717) is 11.7 Å². The van der Waals surface area contributed by atoms with E-state index < -0.39 is 0 Å². The van der Waals surface area contributed by atoms with Crippen LogP contribution in [0.1, 0.15) is 26.7 Å². The average molecular weight is 496 g/mol. The third-order valence-corrected chi connectivity index (χ3v) is 7.05. The van der Waals surface area contributed by atoms with E-state index in [1.165, 1.54) is 11.8 Å². The van der Waals surface area contributed by atoms with Crippen molar-refractivity contribution in [2.24, 2.45) is 0 Å². The van der Waals surface area contributed by atoms with Crippen LogP contribution in [0.5, 0.6) is 5.75 Å². The maximum Gasteiger partial charge on any atom is 0.234 e. The van der Waals surface area contributed by atoms with E-state index in [-0.39, 0.29) is 17.8 Å². The van der Waals surface area contributed by atoms with Gasteiger partial charge >= 0.3 is 0 Å². The lowest BCUT2D eigenvalue weighted by Crippen LogP contribution is -2.21. The van der Waals surface area contributed by atoms with E-state index in [4.69, 9.17) is 9.47 Å². The maximum atomic E-state index is 12.7. The van der Waals surface area contributed by atoms with Crippen molar-refractivity contribution in [3.63, 3.8) is 0 Å². The Balaban J connectivity index is 1.44. The van der Waals surface area contributed by atoms with Crippen molar-refractivity contribution in [3.05, 3.63) is 48.5 Å². The largest absolute Gasteiger partial charge is 0.497 e. The van der Waals surface area contributed by atoms with Gasteiger partial charge in [-0.1, -0.05) is 11.8 Å². The van der Waals surface area contributed by atoms with Crippen LogP contribution < -0.4 is 15.0 Å². The van der Waals surface area contributed by atoms with Crippen LogP contribution in [-0.4, -0.2) is 59.3 Å². The van der Waals surface area contributed by atoms with Gasteiger partial charge in [-0.25, -0.2) is 0 Å². The Morgan fingerprint density at radius 1 is 1.14 bits per heavy atom. The van der Waals surface area contributed by atoms with Crippen molar-refractivity contribution in [2.45, 2.75) is 44.5 Å². The molecule has 9 heteroatoms. The van der Waals surface area contributed by atoms with Crippen molar-refractivity contribution < 1.29 is 14.3 Å². The Kier molecular flexibility index (Phi) is 8.65. The van der Waals surface area contributed by atoms with Gasteiger partial charge in [-0.15, -0.1) is 10.2 Å². The van der Waals surface area contributed by atoms with Crippen molar-refractivity contribution in [1.29, 1.82) is 0 Å². The molecule has 1 unspecified atom stereocenters. The number of amides is 1. The molecule has 1 aromatic heterocycles. The SMILES string of the molecule is CCN(CC)c1ccc(NC(=O)CSc2nnc(-c3ccc(OC)cc3)n2CC2CCCO2)cc1. The molecule has 1 amide bonds. The van der Waals surface area contributed by atoms with Crippen LogP contribution in [0.25, 0.3) is 11.4 Å². The predicted molar refractivity (Wildman–Crippen MR) is 140 cm³/mol. The summed E-state index contributed by atoms with van der Waals surface area (Å²) in [6.45, 7) is 7.60. The summed E-state index contributed by atoms with van der Waals surface area (Å²) in [5.41, 5.74) is 2.88. The number of nitrogens with one attached hydrogen (secondary N) is 1. The van der Waals surface area contributed by atoms with E-state index in [0.717, 1.165) is 61.1 Å². The summed E-state index contributed by atoms with van der Waals surface area (Å²) < 4.78 is 13.2. The molecule has 1 aliphatic heterocycles. The zero-order valence-electron chi connectivity index (χ0n) is 20.6. The lowest BCUT2D eigenvalue weighted by atomic mass is 10.2. The third-order valence-electron chi connectivity index (χ3n) is 6.09. The molecule has 0 bridgehead atoms. The lowest BCUT2D eigenvalue weighted by molar-refractivity contribution is -0.113. The summed E-state index contributed by atoms with van der Waals surface area (Å²) in [5, 5.41) is 12.5. The molecule has 3 aromatic rings. The Morgan fingerprint density at radius 2 is 1.89 bits per heavy atom. The average Bonchev–Trinajstić information content (AvgIpc) is 3.55. The van der Waals surface area contributed by atoms with Gasteiger partial charge in [-0.2, -0.15) is 0 Å². The number of thioether (sulfide) groups is 1. The van der Waals surface area contributed by atoms with Crippen LogP contribution in [0.4, 0.5) is 11.4 Å². The fourth-order valence-corrected chi connectivity index (χ4v) is 4.92. The first-order valence-electron chi connectivity index (χ1n) is 12.1. The number of rotatable bonds is 11. The highest BCUT2D eigenvalue weighted by Crippen LogP contribution is 2.28. The molecule has 1 N–H and O–H groups in total. The molecule has 0 saturated carbocycles. The van der Waals surface area contributed by atoms with Crippen molar-refractivity contribution >= 4 is 29.0 Å². The molecular weight excluding hydrogens is 462 g/mol. The van der Waals surface area contributed by atoms with E-state index in [9.17, 15) is 4.79 Å². The quantitative estimate of drug-likeness (QED) is 0.386. The van der Waals surface area contributed by atoms with Gasteiger partial charge in [0.25, 0.3) is 0 Å². The van der Waals surface area contributed by atoms with Crippen molar-refractivity contribution in [1.82, 2.24) is 14.8 Å².